The molecule has 0 N–H and O–H groups in total. The molecule has 0 atom stereocenters. The molecular weight excluding hydrogens is 198 g/mol. The highest BCUT2D eigenvalue weighted by atomic mass is 14.8. The summed E-state index contributed by atoms with van der Waals surface area (Å²) in [6, 6.07) is 2.06. The standard InChI is InChI=1S/C13H17N3/c1-8(2)11-5-12-10(6-14-7-15-12)13(16-11)9(3)4/h5-9H,1-4H3. The number of rotatable bonds is 2. The third kappa shape index (κ3) is 1.90. The number of hydrogen-bond acceptors (Lipinski definition) is 3. The van der Waals surface area contributed by atoms with Crippen LogP contribution in [-0.2, 0) is 0 Å². The third-order valence-corrected chi connectivity index (χ3v) is 2.69. The smallest absolute Gasteiger partial charge is 0.116 e. The van der Waals surface area contributed by atoms with Gasteiger partial charge in [-0.2, -0.15) is 0 Å². The lowest BCUT2D eigenvalue weighted by Gasteiger charge is -2.12. The van der Waals surface area contributed by atoms with Crippen molar-refractivity contribution in [2.75, 3.05) is 0 Å². The summed E-state index contributed by atoms with van der Waals surface area (Å²) in [5, 5.41) is 1.07. The summed E-state index contributed by atoms with van der Waals surface area (Å²) >= 11 is 0. The Morgan fingerprint density at radius 1 is 1.06 bits per heavy atom. The molecule has 0 amide bonds. The molecule has 84 valence electrons. The minimum absolute atomic E-state index is 0.396. The van der Waals surface area contributed by atoms with E-state index in [4.69, 9.17) is 4.98 Å². The fourth-order valence-corrected chi connectivity index (χ4v) is 1.76. The minimum Gasteiger partial charge on any atom is -0.256 e. The lowest BCUT2D eigenvalue weighted by molar-refractivity contribution is 0.773. The average Bonchev–Trinajstić information content (AvgIpc) is 2.27. The van der Waals surface area contributed by atoms with Crippen LogP contribution in [0.3, 0.4) is 0 Å². The van der Waals surface area contributed by atoms with Gasteiger partial charge in [0.25, 0.3) is 0 Å². The zero-order valence-electron chi connectivity index (χ0n) is 10.2. The van der Waals surface area contributed by atoms with E-state index in [1.54, 1.807) is 6.33 Å². The van der Waals surface area contributed by atoms with Gasteiger partial charge in [-0.15, -0.1) is 0 Å². The first-order valence-corrected chi connectivity index (χ1v) is 5.70. The van der Waals surface area contributed by atoms with Crippen LogP contribution < -0.4 is 0 Å². The summed E-state index contributed by atoms with van der Waals surface area (Å²) in [5.41, 5.74) is 3.20. The Morgan fingerprint density at radius 3 is 2.44 bits per heavy atom. The van der Waals surface area contributed by atoms with Crippen molar-refractivity contribution in [3.8, 4) is 0 Å². The SMILES string of the molecule is CC(C)c1cc2ncncc2c(C(C)C)n1. The zero-order valence-corrected chi connectivity index (χ0v) is 10.2. The molecule has 0 aliphatic rings. The summed E-state index contributed by atoms with van der Waals surface area (Å²) in [6.45, 7) is 8.61. The van der Waals surface area contributed by atoms with E-state index in [0.29, 0.717) is 11.8 Å². The first-order valence-electron chi connectivity index (χ1n) is 5.70. The van der Waals surface area contributed by atoms with Gasteiger partial charge in [0.1, 0.15) is 6.33 Å². The molecule has 0 unspecified atom stereocenters. The second-order valence-corrected chi connectivity index (χ2v) is 4.70. The molecule has 0 saturated carbocycles. The van der Waals surface area contributed by atoms with E-state index >= 15 is 0 Å². The second-order valence-electron chi connectivity index (χ2n) is 4.70. The van der Waals surface area contributed by atoms with Gasteiger partial charge in [-0.1, -0.05) is 27.7 Å². The van der Waals surface area contributed by atoms with Crippen LogP contribution in [0.2, 0.25) is 0 Å². The highest BCUT2D eigenvalue weighted by Crippen LogP contribution is 2.25. The van der Waals surface area contributed by atoms with E-state index < -0.39 is 0 Å². The monoisotopic (exact) mass is 215 g/mol. The van der Waals surface area contributed by atoms with E-state index in [1.807, 2.05) is 6.20 Å². The van der Waals surface area contributed by atoms with E-state index in [2.05, 4.69) is 43.7 Å². The van der Waals surface area contributed by atoms with Crippen LogP contribution >= 0.6 is 0 Å². The molecule has 0 radical (unpaired) electrons. The molecule has 16 heavy (non-hydrogen) atoms. The lowest BCUT2D eigenvalue weighted by Crippen LogP contribution is -2.02. The van der Waals surface area contributed by atoms with Gasteiger partial charge in [0.05, 0.1) is 11.2 Å². The van der Waals surface area contributed by atoms with Gasteiger partial charge < -0.3 is 0 Å². The predicted octanol–water partition coefficient (Wildman–Crippen LogP) is 3.27. The van der Waals surface area contributed by atoms with Gasteiger partial charge in [0.15, 0.2) is 0 Å². The van der Waals surface area contributed by atoms with Gasteiger partial charge in [-0.25, -0.2) is 9.97 Å². The molecule has 0 fully saturated rings. The van der Waals surface area contributed by atoms with Gasteiger partial charge in [-0.3, -0.25) is 4.98 Å². The van der Waals surface area contributed by atoms with Crippen molar-refractivity contribution in [2.24, 2.45) is 0 Å². The van der Waals surface area contributed by atoms with Gasteiger partial charge in [0, 0.05) is 17.3 Å². The molecule has 0 saturated heterocycles. The molecule has 3 heteroatoms. The molecule has 2 rings (SSSR count). The number of pyridine rings is 1. The maximum atomic E-state index is 4.72. The fraction of sp³-hybridized carbons (Fsp3) is 0.462. The van der Waals surface area contributed by atoms with Crippen LogP contribution in [0.5, 0.6) is 0 Å². The molecule has 0 aromatic carbocycles. The topological polar surface area (TPSA) is 38.7 Å². The third-order valence-electron chi connectivity index (χ3n) is 2.69. The van der Waals surface area contributed by atoms with E-state index in [9.17, 15) is 0 Å². The van der Waals surface area contributed by atoms with Crippen molar-refractivity contribution >= 4 is 10.9 Å². The lowest BCUT2D eigenvalue weighted by atomic mass is 10.0. The van der Waals surface area contributed by atoms with Crippen molar-refractivity contribution in [1.82, 2.24) is 15.0 Å². The predicted molar refractivity (Wildman–Crippen MR) is 65.5 cm³/mol. The summed E-state index contributed by atoms with van der Waals surface area (Å²) in [5.74, 6) is 0.823. The van der Waals surface area contributed by atoms with Crippen molar-refractivity contribution in [2.45, 2.75) is 39.5 Å². The molecule has 0 aliphatic carbocycles. The molecular formula is C13H17N3. The quantitative estimate of drug-likeness (QED) is 0.771. The molecule has 0 aliphatic heterocycles. The number of fused-ring (bicyclic) bond motifs is 1. The zero-order chi connectivity index (χ0) is 11.7. The van der Waals surface area contributed by atoms with Crippen LogP contribution in [0.4, 0.5) is 0 Å². The fourth-order valence-electron chi connectivity index (χ4n) is 1.76. The van der Waals surface area contributed by atoms with Crippen LogP contribution in [-0.4, -0.2) is 15.0 Å². The Kier molecular flexibility index (Phi) is 2.86. The Bertz CT molecular complexity index is 504. The summed E-state index contributed by atoms with van der Waals surface area (Å²) in [7, 11) is 0. The Labute approximate surface area is 96.0 Å². The maximum Gasteiger partial charge on any atom is 0.116 e. The van der Waals surface area contributed by atoms with Crippen LogP contribution in [0.25, 0.3) is 10.9 Å². The van der Waals surface area contributed by atoms with Gasteiger partial charge in [-0.05, 0) is 17.9 Å². The molecule has 3 nitrogen and oxygen atoms in total. The number of hydrogen-bond donors (Lipinski definition) is 0. The Hall–Kier alpha value is -1.51. The molecule has 2 heterocycles. The second kappa shape index (κ2) is 4.16. The first kappa shape index (κ1) is 11.0. The highest BCUT2D eigenvalue weighted by molar-refractivity contribution is 5.80. The number of nitrogens with zero attached hydrogens (tertiary/aromatic N) is 3. The molecule has 0 bridgehead atoms. The summed E-state index contributed by atoms with van der Waals surface area (Å²) in [6.07, 6.45) is 3.45. The largest absolute Gasteiger partial charge is 0.256 e. The summed E-state index contributed by atoms with van der Waals surface area (Å²) < 4.78 is 0. The van der Waals surface area contributed by atoms with Crippen molar-refractivity contribution in [3.63, 3.8) is 0 Å². The van der Waals surface area contributed by atoms with Crippen molar-refractivity contribution in [1.29, 1.82) is 0 Å². The average molecular weight is 215 g/mol. The maximum absolute atomic E-state index is 4.72. The molecule has 2 aromatic heterocycles. The van der Waals surface area contributed by atoms with Crippen LogP contribution in [0.15, 0.2) is 18.6 Å². The van der Waals surface area contributed by atoms with Crippen LogP contribution in [0, 0.1) is 0 Å². The van der Waals surface area contributed by atoms with E-state index in [1.165, 1.54) is 0 Å². The van der Waals surface area contributed by atoms with Gasteiger partial charge >= 0.3 is 0 Å². The van der Waals surface area contributed by atoms with Gasteiger partial charge in [0.2, 0.25) is 0 Å². The van der Waals surface area contributed by atoms with Crippen molar-refractivity contribution < 1.29 is 0 Å². The van der Waals surface area contributed by atoms with E-state index in [0.717, 1.165) is 22.3 Å². The highest BCUT2D eigenvalue weighted by Gasteiger charge is 2.11. The molecule has 0 spiro atoms. The molecule has 2 aromatic rings. The normalized spacial score (nSPS) is 11.6. The first-order chi connectivity index (χ1) is 7.59. The van der Waals surface area contributed by atoms with Crippen LogP contribution in [0.1, 0.15) is 50.9 Å². The summed E-state index contributed by atoms with van der Waals surface area (Å²) in [4.78, 5) is 13.1. The Morgan fingerprint density at radius 2 is 1.81 bits per heavy atom. The van der Waals surface area contributed by atoms with Crippen molar-refractivity contribution in [3.05, 3.63) is 30.0 Å². The van der Waals surface area contributed by atoms with E-state index in [-0.39, 0.29) is 0 Å². The Balaban J connectivity index is 2.74. The number of aromatic nitrogens is 3. The minimum atomic E-state index is 0.396.